The Morgan fingerprint density at radius 1 is 0.864 bits per heavy atom. The molecule has 2 N–H and O–H groups in total. The number of anilines is 1. The highest BCUT2D eigenvalue weighted by Crippen LogP contribution is 2.35. The smallest absolute Gasteiger partial charge is 0.313 e. The van der Waals surface area contributed by atoms with Gasteiger partial charge in [0.05, 0.1) is 12.6 Å². The van der Waals surface area contributed by atoms with Gasteiger partial charge in [-0.3, -0.25) is 14.6 Å². The van der Waals surface area contributed by atoms with Gasteiger partial charge in [-0.15, -0.1) is 0 Å². The fourth-order valence-corrected chi connectivity index (χ4v) is 5.05. The zero-order chi connectivity index (χ0) is 31.3. The molecule has 0 aliphatic carbocycles. The quantitative estimate of drug-likeness (QED) is 0.119. The van der Waals surface area contributed by atoms with Gasteiger partial charge in [-0.25, -0.2) is 4.39 Å². The number of fused-ring (bicyclic) bond motifs is 1. The number of carbonyl (C=O) groups is 2. The number of hydrogen-bond acceptors (Lipinski definition) is 6. The molecule has 0 unspecified atom stereocenters. The van der Waals surface area contributed by atoms with Crippen LogP contribution in [0.5, 0.6) is 17.2 Å². The van der Waals surface area contributed by atoms with E-state index in [2.05, 4.69) is 34.4 Å². The Bertz CT molecular complexity index is 1540. The summed E-state index contributed by atoms with van der Waals surface area (Å²) in [6.45, 7) is 7.94. The van der Waals surface area contributed by atoms with E-state index in [9.17, 15) is 9.59 Å². The maximum atomic E-state index is 15.1. The average molecular weight is 601 g/mol. The number of nitrogens with zero attached hydrogens (tertiary/aromatic N) is 2. The van der Waals surface area contributed by atoms with E-state index < -0.39 is 17.6 Å². The van der Waals surface area contributed by atoms with Crippen molar-refractivity contribution < 1.29 is 23.5 Å². The van der Waals surface area contributed by atoms with Crippen molar-refractivity contribution >= 4 is 28.4 Å². The van der Waals surface area contributed by atoms with Gasteiger partial charge in [0.15, 0.2) is 11.6 Å². The number of halogens is 1. The fourth-order valence-electron chi connectivity index (χ4n) is 5.05. The molecule has 0 aliphatic rings. The number of nitrogens with one attached hydrogen (secondary N) is 2. The standard InChI is InChI=1S/C35H41FN4O4/c1-4-40(5-2)21-11-7-10-14-26-22-30-28(24-33(26)43-3)31(18-20-37-30)44-32-16-15-27(23-29(32)36)39-35(42)34(41)38-19-17-25-12-8-6-9-13-25/h6,8-9,12-13,15-16,18,20,22-24H,4-5,7,10-11,14,17,19,21H2,1-3H3,(H,38,41)(H,39,42). The van der Waals surface area contributed by atoms with Crippen LogP contribution < -0.4 is 20.1 Å². The number of amides is 2. The summed E-state index contributed by atoms with van der Waals surface area (Å²) in [5.41, 5.74) is 2.98. The highest BCUT2D eigenvalue weighted by Gasteiger charge is 2.16. The Labute approximate surface area is 258 Å². The minimum Gasteiger partial charge on any atom is -0.496 e. The Kier molecular flexibility index (Phi) is 12.1. The lowest BCUT2D eigenvalue weighted by molar-refractivity contribution is -0.136. The molecule has 3 aromatic carbocycles. The Balaban J connectivity index is 1.36. The molecule has 1 aromatic heterocycles. The van der Waals surface area contributed by atoms with E-state index in [1.807, 2.05) is 42.5 Å². The van der Waals surface area contributed by atoms with Gasteiger partial charge in [0.2, 0.25) is 0 Å². The van der Waals surface area contributed by atoms with Crippen LogP contribution in [0, 0.1) is 5.82 Å². The number of aryl methyl sites for hydroxylation is 1. The summed E-state index contributed by atoms with van der Waals surface area (Å²) in [6, 6.07) is 19.2. The summed E-state index contributed by atoms with van der Waals surface area (Å²) in [5, 5.41) is 5.70. The predicted octanol–water partition coefficient (Wildman–Crippen LogP) is 6.53. The van der Waals surface area contributed by atoms with Crippen LogP contribution in [-0.2, 0) is 22.4 Å². The molecule has 0 fully saturated rings. The molecule has 0 saturated carbocycles. The lowest BCUT2D eigenvalue weighted by Crippen LogP contribution is -2.36. The van der Waals surface area contributed by atoms with Crippen molar-refractivity contribution in [2.45, 2.75) is 46.0 Å². The zero-order valence-electron chi connectivity index (χ0n) is 25.7. The van der Waals surface area contributed by atoms with Gasteiger partial charge in [0.1, 0.15) is 11.5 Å². The highest BCUT2D eigenvalue weighted by atomic mass is 19.1. The summed E-state index contributed by atoms with van der Waals surface area (Å²) in [4.78, 5) is 31.5. The maximum absolute atomic E-state index is 15.1. The molecule has 0 spiro atoms. The van der Waals surface area contributed by atoms with Gasteiger partial charge in [-0.2, -0.15) is 0 Å². The molecular formula is C35H41FN4O4. The second-order valence-electron chi connectivity index (χ2n) is 10.5. The van der Waals surface area contributed by atoms with E-state index in [4.69, 9.17) is 9.47 Å². The first kappa shape index (κ1) is 32.4. The molecule has 8 nitrogen and oxygen atoms in total. The van der Waals surface area contributed by atoms with Crippen molar-refractivity contribution in [3.8, 4) is 17.2 Å². The number of pyridine rings is 1. The summed E-state index contributed by atoms with van der Waals surface area (Å²) in [6.07, 6.45) is 6.42. The van der Waals surface area contributed by atoms with Crippen LogP contribution in [0.25, 0.3) is 10.9 Å². The van der Waals surface area contributed by atoms with Crippen LogP contribution in [0.4, 0.5) is 10.1 Å². The molecule has 2 amide bonds. The van der Waals surface area contributed by atoms with Crippen LogP contribution >= 0.6 is 0 Å². The summed E-state index contributed by atoms with van der Waals surface area (Å²) in [7, 11) is 1.64. The van der Waals surface area contributed by atoms with Gasteiger partial charge in [-0.1, -0.05) is 50.6 Å². The number of benzene rings is 3. The first-order chi connectivity index (χ1) is 21.4. The monoisotopic (exact) mass is 600 g/mol. The largest absolute Gasteiger partial charge is 0.496 e. The number of unbranched alkanes of at least 4 members (excludes halogenated alkanes) is 2. The van der Waals surface area contributed by atoms with E-state index in [0.717, 1.165) is 73.8 Å². The molecule has 232 valence electrons. The van der Waals surface area contributed by atoms with E-state index in [0.29, 0.717) is 24.1 Å². The number of ether oxygens (including phenoxy) is 2. The lowest BCUT2D eigenvalue weighted by atomic mass is 10.0. The molecule has 4 aromatic rings. The zero-order valence-corrected chi connectivity index (χ0v) is 25.7. The maximum Gasteiger partial charge on any atom is 0.313 e. The molecule has 9 heteroatoms. The van der Waals surface area contributed by atoms with Gasteiger partial charge in [0, 0.05) is 29.9 Å². The summed E-state index contributed by atoms with van der Waals surface area (Å²) in [5.74, 6) is -1.23. The molecule has 0 radical (unpaired) electrons. The summed E-state index contributed by atoms with van der Waals surface area (Å²) >= 11 is 0. The van der Waals surface area contributed by atoms with E-state index in [-0.39, 0.29) is 11.4 Å². The second-order valence-corrected chi connectivity index (χ2v) is 10.5. The SMILES string of the molecule is CCN(CC)CCCCCc1cc2nccc(Oc3ccc(NC(=O)C(=O)NCCc4ccccc4)cc3F)c2cc1OC. The highest BCUT2D eigenvalue weighted by molar-refractivity contribution is 6.39. The van der Waals surface area contributed by atoms with Crippen molar-refractivity contribution in [2.24, 2.45) is 0 Å². The number of hydrogen-bond donors (Lipinski definition) is 2. The van der Waals surface area contributed by atoms with Crippen molar-refractivity contribution in [1.29, 1.82) is 0 Å². The van der Waals surface area contributed by atoms with Crippen LogP contribution in [0.1, 0.15) is 44.2 Å². The molecule has 1 heterocycles. The second kappa shape index (κ2) is 16.4. The van der Waals surface area contributed by atoms with Crippen LogP contribution in [0.3, 0.4) is 0 Å². The van der Waals surface area contributed by atoms with Crippen LogP contribution in [-0.4, -0.2) is 55.0 Å². The topological polar surface area (TPSA) is 92.8 Å². The first-order valence-corrected chi connectivity index (χ1v) is 15.2. The van der Waals surface area contributed by atoms with Gasteiger partial charge < -0.3 is 25.0 Å². The van der Waals surface area contributed by atoms with Gasteiger partial charge in [-0.05, 0) is 86.8 Å². The number of rotatable bonds is 15. The molecule has 0 bridgehead atoms. The molecule has 0 saturated heterocycles. The lowest BCUT2D eigenvalue weighted by Gasteiger charge is -2.17. The van der Waals surface area contributed by atoms with Crippen molar-refractivity contribution in [3.63, 3.8) is 0 Å². The third-order valence-electron chi connectivity index (χ3n) is 7.58. The van der Waals surface area contributed by atoms with Crippen LogP contribution in [0.15, 0.2) is 72.9 Å². The van der Waals surface area contributed by atoms with E-state index in [1.165, 1.54) is 12.1 Å². The van der Waals surface area contributed by atoms with E-state index in [1.54, 1.807) is 19.4 Å². The molecular weight excluding hydrogens is 559 g/mol. The normalized spacial score (nSPS) is 11.0. The predicted molar refractivity (Wildman–Crippen MR) is 172 cm³/mol. The Hall–Kier alpha value is -4.50. The molecule has 0 aliphatic heterocycles. The minimum absolute atomic E-state index is 0.0287. The molecule has 44 heavy (non-hydrogen) atoms. The fraction of sp³-hybridized carbons (Fsp3) is 0.343. The van der Waals surface area contributed by atoms with Crippen molar-refractivity contribution in [1.82, 2.24) is 15.2 Å². The van der Waals surface area contributed by atoms with Crippen molar-refractivity contribution in [2.75, 3.05) is 38.6 Å². The van der Waals surface area contributed by atoms with Gasteiger partial charge >= 0.3 is 11.8 Å². The van der Waals surface area contributed by atoms with Crippen LogP contribution in [0.2, 0.25) is 0 Å². The molecule has 4 rings (SSSR count). The minimum atomic E-state index is -0.877. The van der Waals surface area contributed by atoms with E-state index >= 15 is 4.39 Å². The Morgan fingerprint density at radius 3 is 2.39 bits per heavy atom. The number of carbonyl (C=O) groups excluding carboxylic acids is 2. The number of aromatic nitrogens is 1. The Morgan fingerprint density at radius 2 is 1.66 bits per heavy atom. The number of methoxy groups -OCH3 is 1. The van der Waals surface area contributed by atoms with Gasteiger partial charge in [0.25, 0.3) is 0 Å². The van der Waals surface area contributed by atoms with Crippen molar-refractivity contribution in [3.05, 3.63) is 89.9 Å². The third-order valence-corrected chi connectivity index (χ3v) is 7.58. The molecule has 0 atom stereocenters. The average Bonchev–Trinajstić information content (AvgIpc) is 3.04. The first-order valence-electron chi connectivity index (χ1n) is 15.2. The third kappa shape index (κ3) is 9.00. The summed E-state index contributed by atoms with van der Waals surface area (Å²) < 4.78 is 26.7.